The van der Waals surface area contributed by atoms with E-state index < -0.39 is 27.5 Å². The van der Waals surface area contributed by atoms with Crippen LogP contribution in [0.1, 0.15) is 55.6 Å². The first-order valence-electron chi connectivity index (χ1n) is 10.9. The number of rotatable bonds is 6. The molecule has 178 valence electrons. The van der Waals surface area contributed by atoms with Crippen LogP contribution in [-0.4, -0.2) is 43.1 Å². The Morgan fingerprint density at radius 3 is 2.24 bits per heavy atom. The zero-order valence-corrected chi connectivity index (χ0v) is 20.6. The summed E-state index contributed by atoms with van der Waals surface area (Å²) in [7, 11) is -3.48. The van der Waals surface area contributed by atoms with Crippen molar-refractivity contribution >= 4 is 28.4 Å². The summed E-state index contributed by atoms with van der Waals surface area (Å²) in [6, 6.07) is 14.6. The van der Waals surface area contributed by atoms with Gasteiger partial charge >= 0.3 is 5.97 Å². The molecule has 1 unspecified atom stereocenters. The van der Waals surface area contributed by atoms with E-state index in [9.17, 15) is 18.7 Å². The van der Waals surface area contributed by atoms with E-state index in [-0.39, 0.29) is 24.6 Å². The molecule has 0 aromatic heterocycles. The Morgan fingerprint density at radius 2 is 1.67 bits per heavy atom. The molecule has 1 aliphatic rings. The maximum atomic E-state index is 13.2. The second-order valence-electron chi connectivity index (χ2n) is 9.19. The number of esters is 1. The summed E-state index contributed by atoms with van der Waals surface area (Å²) in [4.78, 5) is 30.0. The van der Waals surface area contributed by atoms with Gasteiger partial charge in [-0.2, -0.15) is 0 Å². The van der Waals surface area contributed by atoms with Gasteiger partial charge in [-0.3, -0.25) is 23.7 Å². The van der Waals surface area contributed by atoms with E-state index in [1.165, 1.54) is 0 Å². The highest BCUT2D eigenvalue weighted by molar-refractivity contribution is 8.24. The first-order valence-corrected chi connectivity index (χ1v) is 12.5. The van der Waals surface area contributed by atoms with Crippen molar-refractivity contribution in [3.05, 3.63) is 65.2 Å². The average Bonchev–Trinajstić information content (AvgIpc) is 2.93. The molecule has 1 amide bonds. The van der Waals surface area contributed by atoms with E-state index >= 15 is 0 Å². The lowest BCUT2D eigenvalue weighted by molar-refractivity contribution is -0.134. The third-order valence-electron chi connectivity index (χ3n) is 5.39. The van der Waals surface area contributed by atoms with E-state index in [4.69, 9.17) is 4.74 Å². The highest BCUT2D eigenvalue weighted by atomic mass is 32.3. The van der Waals surface area contributed by atoms with Gasteiger partial charge in [0.2, 0.25) is 0 Å². The number of nitrogens with zero attached hydrogens (tertiary/aromatic N) is 2. The standard InChI is InChI=1S/C25H32N2O5S/c1-17-11-9-12-18(2)22(17)32-20(28)15-10-16-26-21-23(19-13-7-6-8-14-19)33(30,31)27(24(21)29)25(3,4)5/h6-9,11-14,23,30-31H,10,15-16H2,1-5H3. The van der Waals surface area contributed by atoms with E-state index in [0.717, 1.165) is 15.4 Å². The summed E-state index contributed by atoms with van der Waals surface area (Å²) in [6.07, 6.45) is 0.505. The topological polar surface area (TPSA) is 99.4 Å². The van der Waals surface area contributed by atoms with Gasteiger partial charge in [0.15, 0.2) is 0 Å². The van der Waals surface area contributed by atoms with Crippen molar-refractivity contribution in [3.8, 4) is 5.75 Å². The number of hydrogen-bond acceptors (Lipinski definition) is 6. The summed E-state index contributed by atoms with van der Waals surface area (Å²) in [6.45, 7) is 9.24. The Balaban J connectivity index is 1.76. The van der Waals surface area contributed by atoms with Gasteiger partial charge in [0.1, 0.15) is 16.7 Å². The summed E-state index contributed by atoms with van der Waals surface area (Å²) in [5.74, 6) is -0.293. The zero-order valence-electron chi connectivity index (χ0n) is 19.7. The summed E-state index contributed by atoms with van der Waals surface area (Å²) in [5, 5.41) is -0.938. The smallest absolute Gasteiger partial charge is 0.311 e. The third kappa shape index (κ3) is 5.29. The van der Waals surface area contributed by atoms with Gasteiger partial charge in [-0.1, -0.05) is 48.5 Å². The van der Waals surface area contributed by atoms with Crippen LogP contribution >= 0.6 is 10.8 Å². The minimum atomic E-state index is -3.48. The third-order valence-corrected chi connectivity index (χ3v) is 7.77. The number of aryl methyl sites for hydroxylation is 2. The van der Waals surface area contributed by atoms with Crippen molar-refractivity contribution in [2.75, 3.05) is 6.54 Å². The van der Waals surface area contributed by atoms with Crippen LogP contribution in [0.2, 0.25) is 0 Å². The van der Waals surface area contributed by atoms with Crippen molar-refractivity contribution in [1.82, 2.24) is 4.31 Å². The lowest BCUT2D eigenvalue weighted by Crippen LogP contribution is -2.43. The number of amides is 1. The minimum absolute atomic E-state index is 0.110. The van der Waals surface area contributed by atoms with Crippen molar-refractivity contribution in [2.24, 2.45) is 4.99 Å². The highest BCUT2D eigenvalue weighted by Gasteiger charge is 2.54. The normalized spacial score (nSPS) is 20.2. The molecular formula is C25H32N2O5S. The molecule has 0 spiro atoms. The molecule has 2 N–H and O–H groups in total. The predicted octanol–water partition coefficient (Wildman–Crippen LogP) is 5.48. The average molecular weight is 473 g/mol. The Morgan fingerprint density at radius 1 is 1.06 bits per heavy atom. The molecule has 3 rings (SSSR count). The lowest BCUT2D eigenvalue weighted by atomic mass is 10.0. The maximum absolute atomic E-state index is 13.2. The quantitative estimate of drug-likeness (QED) is 0.330. The van der Waals surface area contributed by atoms with Crippen LogP contribution in [-0.2, 0) is 9.59 Å². The Hall–Kier alpha value is -2.68. The van der Waals surface area contributed by atoms with Crippen molar-refractivity contribution in [1.29, 1.82) is 0 Å². The molecule has 1 aliphatic heterocycles. The van der Waals surface area contributed by atoms with Crippen LogP contribution in [0.25, 0.3) is 0 Å². The molecule has 1 fully saturated rings. The molecule has 2 aromatic carbocycles. The molecule has 0 radical (unpaired) electrons. The number of benzene rings is 2. The van der Waals surface area contributed by atoms with Gasteiger partial charge in [0, 0.05) is 13.0 Å². The second-order valence-corrected chi connectivity index (χ2v) is 11.1. The molecule has 8 heteroatoms. The number of aliphatic imine (C=N–C) groups is 1. The summed E-state index contributed by atoms with van der Waals surface area (Å²) < 4.78 is 28.8. The van der Waals surface area contributed by atoms with E-state index in [1.54, 1.807) is 45.0 Å². The first-order chi connectivity index (χ1) is 15.4. The van der Waals surface area contributed by atoms with Gasteiger partial charge in [0.05, 0.1) is 5.54 Å². The SMILES string of the molecule is Cc1cccc(C)c1OC(=O)CCCN=C1C(=O)N(C(C)(C)C)S(O)(O)C1c1ccccc1. The molecule has 1 saturated heterocycles. The van der Waals surface area contributed by atoms with E-state index in [2.05, 4.69) is 4.99 Å². The van der Waals surface area contributed by atoms with Crippen LogP contribution < -0.4 is 4.74 Å². The summed E-state index contributed by atoms with van der Waals surface area (Å²) >= 11 is 0. The van der Waals surface area contributed by atoms with Gasteiger partial charge in [-0.15, -0.1) is 10.8 Å². The number of carbonyl (C=O) groups excluding carboxylic acids is 2. The molecule has 1 atom stereocenters. The molecule has 0 saturated carbocycles. The van der Waals surface area contributed by atoms with Gasteiger partial charge in [-0.25, -0.2) is 4.31 Å². The van der Waals surface area contributed by atoms with Crippen molar-refractivity contribution in [2.45, 2.75) is 58.2 Å². The molecule has 7 nitrogen and oxygen atoms in total. The maximum Gasteiger partial charge on any atom is 0.311 e. The Kier molecular flexibility index (Phi) is 7.31. The monoisotopic (exact) mass is 472 g/mol. The fourth-order valence-corrected chi connectivity index (χ4v) is 6.32. The van der Waals surface area contributed by atoms with Crippen LogP contribution in [0.3, 0.4) is 0 Å². The predicted molar refractivity (Wildman–Crippen MR) is 132 cm³/mol. The second kappa shape index (κ2) is 9.67. The molecule has 0 bridgehead atoms. The molecule has 1 heterocycles. The number of para-hydroxylation sites is 1. The van der Waals surface area contributed by atoms with Gasteiger partial charge < -0.3 is 4.74 Å². The fourth-order valence-electron chi connectivity index (χ4n) is 3.97. The number of ether oxygens (including phenoxy) is 1. The molecular weight excluding hydrogens is 440 g/mol. The van der Waals surface area contributed by atoms with E-state index in [1.807, 2.05) is 38.1 Å². The first kappa shape index (κ1) is 25.0. The van der Waals surface area contributed by atoms with Crippen molar-refractivity contribution in [3.63, 3.8) is 0 Å². The molecule has 33 heavy (non-hydrogen) atoms. The van der Waals surface area contributed by atoms with E-state index in [0.29, 0.717) is 17.7 Å². The lowest BCUT2D eigenvalue weighted by Gasteiger charge is -2.46. The molecule has 0 aliphatic carbocycles. The number of carbonyl (C=O) groups is 2. The van der Waals surface area contributed by atoms with Gasteiger partial charge in [0.25, 0.3) is 5.91 Å². The van der Waals surface area contributed by atoms with Gasteiger partial charge in [-0.05, 0) is 57.7 Å². The zero-order chi connectivity index (χ0) is 24.4. The van der Waals surface area contributed by atoms with Crippen LogP contribution in [0.5, 0.6) is 5.75 Å². The van der Waals surface area contributed by atoms with Crippen LogP contribution in [0.4, 0.5) is 0 Å². The van der Waals surface area contributed by atoms with Crippen molar-refractivity contribution < 1.29 is 23.4 Å². The fraction of sp³-hybridized carbons (Fsp3) is 0.400. The molecule has 2 aromatic rings. The Bertz CT molecular complexity index is 1040. The minimum Gasteiger partial charge on any atom is -0.426 e. The van der Waals surface area contributed by atoms with Crippen LogP contribution in [0, 0.1) is 13.8 Å². The van der Waals surface area contributed by atoms with Crippen LogP contribution in [0.15, 0.2) is 53.5 Å². The Labute approximate surface area is 197 Å². The highest BCUT2D eigenvalue weighted by Crippen LogP contribution is 2.64. The summed E-state index contributed by atoms with van der Waals surface area (Å²) in [5.41, 5.74) is 1.71. The largest absolute Gasteiger partial charge is 0.426 e. The number of hydrogen-bond donors (Lipinski definition) is 2.